The van der Waals surface area contributed by atoms with Crippen molar-refractivity contribution in [3.8, 4) is 0 Å². The molecule has 8 nitrogen and oxygen atoms in total. The molecule has 2 fully saturated rings. The lowest BCUT2D eigenvalue weighted by Gasteiger charge is -2.34. The van der Waals surface area contributed by atoms with E-state index in [0.717, 1.165) is 71.2 Å². The molecule has 0 aromatic heterocycles. The minimum absolute atomic E-state index is 0. The number of ether oxygens (including phenoxy) is 1. The van der Waals surface area contributed by atoms with Gasteiger partial charge in [0.1, 0.15) is 0 Å². The molecular formula is C20H42IN5O3S. The van der Waals surface area contributed by atoms with Crippen molar-refractivity contribution in [2.75, 3.05) is 65.3 Å². The van der Waals surface area contributed by atoms with Crippen LogP contribution in [0.15, 0.2) is 4.99 Å². The Labute approximate surface area is 200 Å². The Morgan fingerprint density at radius 1 is 1.13 bits per heavy atom. The lowest BCUT2D eigenvalue weighted by molar-refractivity contribution is 0.0143. The third kappa shape index (κ3) is 9.97. The summed E-state index contributed by atoms with van der Waals surface area (Å²) in [5.41, 5.74) is 0. The van der Waals surface area contributed by atoms with Crippen LogP contribution in [-0.4, -0.2) is 94.9 Å². The molecule has 0 radical (unpaired) electrons. The normalized spacial score (nSPS) is 21.3. The molecule has 0 bridgehead atoms. The van der Waals surface area contributed by atoms with Crippen molar-refractivity contribution in [3.05, 3.63) is 0 Å². The average molecular weight is 560 g/mol. The minimum atomic E-state index is -3.06. The summed E-state index contributed by atoms with van der Waals surface area (Å²) in [6.45, 7) is 13.9. The summed E-state index contributed by atoms with van der Waals surface area (Å²) >= 11 is 0. The molecule has 2 aliphatic heterocycles. The van der Waals surface area contributed by atoms with Gasteiger partial charge in [-0.05, 0) is 38.0 Å². The Kier molecular flexibility index (Phi) is 13.1. The standard InChI is InChI=1S/C20H41N5O3S.HI/c1-5-21-20(22-15-18-6-8-25(9-7-18)29(4,26)27)23-16-19(14-17(2)3)24-10-12-28-13-11-24;/h17-19H,5-16H2,1-4H3,(H2,21,22,23);1H. The van der Waals surface area contributed by atoms with Crippen LogP contribution in [0.5, 0.6) is 0 Å². The summed E-state index contributed by atoms with van der Waals surface area (Å²) in [6.07, 6.45) is 4.21. The number of nitrogens with one attached hydrogen (secondary N) is 2. The summed E-state index contributed by atoms with van der Waals surface area (Å²) in [5.74, 6) is 1.97. The number of aliphatic imine (C=N–C) groups is 1. The maximum Gasteiger partial charge on any atom is 0.211 e. The maximum absolute atomic E-state index is 11.7. The summed E-state index contributed by atoms with van der Waals surface area (Å²) in [7, 11) is -3.06. The molecule has 10 heteroatoms. The Balaban J connectivity index is 0.00000450. The van der Waals surface area contributed by atoms with Gasteiger partial charge in [-0.25, -0.2) is 12.7 Å². The highest BCUT2D eigenvalue weighted by Crippen LogP contribution is 2.18. The zero-order chi connectivity index (χ0) is 21.3. The average Bonchev–Trinajstić information content (AvgIpc) is 2.69. The van der Waals surface area contributed by atoms with Crippen LogP contribution in [0.4, 0.5) is 0 Å². The van der Waals surface area contributed by atoms with Gasteiger partial charge in [0.05, 0.1) is 26.0 Å². The fourth-order valence-corrected chi connectivity index (χ4v) is 4.92. The molecule has 0 saturated carbocycles. The van der Waals surface area contributed by atoms with E-state index in [9.17, 15) is 8.42 Å². The van der Waals surface area contributed by atoms with Crippen LogP contribution in [0.3, 0.4) is 0 Å². The van der Waals surface area contributed by atoms with Crippen molar-refractivity contribution in [2.45, 2.75) is 46.1 Å². The molecule has 0 aromatic rings. The number of guanidine groups is 1. The van der Waals surface area contributed by atoms with Gasteiger partial charge in [-0.1, -0.05) is 13.8 Å². The van der Waals surface area contributed by atoms with E-state index in [0.29, 0.717) is 31.0 Å². The predicted molar refractivity (Wildman–Crippen MR) is 134 cm³/mol. The smallest absolute Gasteiger partial charge is 0.211 e. The number of hydrogen-bond acceptors (Lipinski definition) is 5. The lowest BCUT2D eigenvalue weighted by Crippen LogP contribution is -2.47. The SMILES string of the molecule is CCNC(=NCC(CC(C)C)N1CCOCC1)NCC1CCN(S(C)(=O)=O)CC1.I. The summed E-state index contributed by atoms with van der Waals surface area (Å²) in [6, 6.07) is 0.437. The molecule has 0 spiro atoms. The van der Waals surface area contributed by atoms with Gasteiger partial charge in [0.25, 0.3) is 0 Å². The molecule has 1 unspecified atom stereocenters. The van der Waals surface area contributed by atoms with Gasteiger partial charge in [-0.3, -0.25) is 9.89 Å². The first-order valence-electron chi connectivity index (χ1n) is 11.1. The van der Waals surface area contributed by atoms with E-state index in [1.807, 2.05) is 0 Å². The maximum atomic E-state index is 11.7. The zero-order valence-corrected chi connectivity index (χ0v) is 22.2. The molecular weight excluding hydrogens is 517 g/mol. The van der Waals surface area contributed by atoms with Gasteiger partial charge >= 0.3 is 0 Å². The molecule has 0 aliphatic carbocycles. The number of rotatable bonds is 9. The van der Waals surface area contributed by atoms with E-state index in [2.05, 4.69) is 36.3 Å². The number of halogens is 1. The molecule has 0 amide bonds. The van der Waals surface area contributed by atoms with Crippen molar-refractivity contribution >= 4 is 40.0 Å². The highest BCUT2D eigenvalue weighted by molar-refractivity contribution is 14.0. The van der Waals surface area contributed by atoms with Crippen molar-refractivity contribution in [2.24, 2.45) is 16.8 Å². The van der Waals surface area contributed by atoms with Gasteiger partial charge in [0.15, 0.2) is 5.96 Å². The van der Waals surface area contributed by atoms with Crippen molar-refractivity contribution in [1.29, 1.82) is 0 Å². The first-order chi connectivity index (χ1) is 13.8. The molecule has 2 N–H and O–H groups in total. The van der Waals surface area contributed by atoms with E-state index in [-0.39, 0.29) is 24.0 Å². The van der Waals surface area contributed by atoms with Crippen LogP contribution in [0, 0.1) is 11.8 Å². The lowest BCUT2D eigenvalue weighted by atomic mass is 9.98. The molecule has 2 aliphatic rings. The third-order valence-electron chi connectivity index (χ3n) is 5.71. The van der Waals surface area contributed by atoms with E-state index < -0.39 is 10.0 Å². The summed E-state index contributed by atoms with van der Waals surface area (Å²) < 4.78 is 30.4. The Hall–Kier alpha value is -0.170. The molecule has 2 rings (SSSR count). The van der Waals surface area contributed by atoms with Crippen LogP contribution < -0.4 is 10.6 Å². The number of sulfonamides is 1. The third-order valence-corrected chi connectivity index (χ3v) is 7.01. The van der Waals surface area contributed by atoms with Crippen molar-refractivity contribution in [3.63, 3.8) is 0 Å². The number of hydrogen-bond donors (Lipinski definition) is 2. The van der Waals surface area contributed by atoms with Crippen LogP contribution >= 0.6 is 24.0 Å². The minimum Gasteiger partial charge on any atom is -0.379 e. The van der Waals surface area contributed by atoms with Gasteiger partial charge < -0.3 is 15.4 Å². The van der Waals surface area contributed by atoms with Crippen LogP contribution in [0.2, 0.25) is 0 Å². The van der Waals surface area contributed by atoms with Crippen LogP contribution in [0.25, 0.3) is 0 Å². The highest BCUT2D eigenvalue weighted by Gasteiger charge is 2.25. The first kappa shape index (κ1) is 27.9. The van der Waals surface area contributed by atoms with E-state index in [1.54, 1.807) is 4.31 Å². The second kappa shape index (κ2) is 14.1. The van der Waals surface area contributed by atoms with Crippen molar-refractivity contribution < 1.29 is 13.2 Å². The molecule has 1 atom stereocenters. The second-order valence-electron chi connectivity index (χ2n) is 8.64. The Bertz CT molecular complexity index is 604. The zero-order valence-electron chi connectivity index (χ0n) is 19.1. The van der Waals surface area contributed by atoms with Gasteiger partial charge in [-0.2, -0.15) is 0 Å². The van der Waals surface area contributed by atoms with E-state index in [4.69, 9.17) is 9.73 Å². The number of piperidine rings is 1. The molecule has 0 aromatic carbocycles. The van der Waals surface area contributed by atoms with Crippen LogP contribution in [0.1, 0.15) is 40.0 Å². The first-order valence-corrected chi connectivity index (χ1v) is 12.9. The van der Waals surface area contributed by atoms with Crippen molar-refractivity contribution in [1.82, 2.24) is 19.8 Å². The number of morpholine rings is 1. The molecule has 2 heterocycles. The predicted octanol–water partition coefficient (Wildman–Crippen LogP) is 1.58. The largest absolute Gasteiger partial charge is 0.379 e. The van der Waals surface area contributed by atoms with E-state index >= 15 is 0 Å². The monoisotopic (exact) mass is 559 g/mol. The highest BCUT2D eigenvalue weighted by atomic mass is 127. The van der Waals surface area contributed by atoms with Gasteiger partial charge in [-0.15, -0.1) is 24.0 Å². The van der Waals surface area contributed by atoms with E-state index in [1.165, 1.54) is 6.26 Å². The second-order valence-corrected chi connectivity index (χ2v) is 10.6. The molecule has 30 heavy (non-hydrogen) atoms. The topological polar surface area (TPSA) is 86.3 Å². The quantitative estimate of drug-likeness (QED) is 0.254. The van der Waals surface area contributed by atoms with Gasteiger partial charge in [0.2, 0.25) is 10.0 Å². The Morgan fingerprint density at radius 3 is 2.30 bits per heavy atom. The fraction of sp³-hybridized carbons (Fsp3) is 0.950. The van der Waals surface area contributed by atoms with Gasteiger partial charge in [0, 0.05) is 45.3 Å². The van der Waals surface area contributed by atoms with Crippen LogP contribution in [-0.2, 0) is 14.8 Å². The summed E-state index contributed by atoms with van der Waals surface area (Å²) in [4.78, 5) is 7.40. The Morgan fingerprint density at radius 2 is 1.77 bits per heavy atom. The summed E-state index contributed by atoms with van der Waals surface area (Å²) in [5, 5.41) is 6.84. The molecule has 178 valence electrons. The fourth-order valence-electron chi connectivity index (χ4n) is 4.05. The molecule has 2 saturated heterocycles. The number of nitrogens with zero attached hydrogens (tertiary/aromatic N) is 3.